The minimum atomic E-state index is 0.0184. The van der Waals surface area contributed by atoms with Gasteiger partial charge in [0.2, 0.25) is 0 Å². The Morgan fingerprint density at radius 3 is 2.40 bits per heavy atom. The maximum absolute atomic E-state index is 12.3. The Hall–Kier alpha value is -2.96. The molecule has 0 saturated carbocycles. The van der Waals surface area contributed by atoms with Crippen LogP contribution >= 0.6 is 23.4 Å². The molecule has 2 aromatic heterocycles. The SMILES string of the molecule is Cc1ccc(C(=O)CSc2nnc(-c3ccc(-c4ccc(Cl)cc4)nc3C)o2)cc1. The first-order chi connectivity index (χ1) is 14.5. The molecule has 4 aromatic rings. The lowest BCUT2D eigenvalue weighted by molar-refractivity contribution is 0.102. The normalized spacial score (nSPS) is 10.9. The maximum atomic E-state index is 12.3. The molecule has 0 aliphatic rings. The lowest BCUT2D eigenvalue weighted by Crippen LogP contribution is -2.02. The number of aryl methyl sites for hydroxylation is 2. The number of thioether (sulfide) groups is 1. The lowest BCUT2D eigenvalue weighted by Gasteiger charge is -2.05. The molecule has 5 nitrogen and oxygen atoms in total. The largest absolute Gasteiger partial charge is 0.411 e. The molecule has 30 heavy (non-hydrogen) atoms. The molecule has 0 aliphatic carbocycles. The van der Waals surface area contributed by atoms with Gasteiger partial charge in [-0.2, -0.15) is 0 Å². The van der Waals surface area contributed by atoms with Crippen molar-refractivity contribution in [3.8, 4) is 22.7 Å². The van der Waals surface area contributed by atoms with E-state index in [1.807, 2.05) is 74.5 Å². The molecular weight excluding hydrogens is 418 g/mol. The van der Waals surface area contributed by atoms with Crippen molar-refractivity contribution < 1.29 is 9.21 Å². The first-order valence-electron chi connectivity index (χ1n) is 9.30. The number of benzene rings is 2. The van der Waals surface area contributed by atoms with Crippen molar-refractivity contribution in [2.45, 2.75) is 19.1 Å². The summed E-state index contributed by atoms with van der Waals surface area (Å²) in [5.74, 6) is 0.634. The van der Waals surface area contributed by atoms with Gasteiger partial charge in [0.25, 0.3) is 11.1 Å². The van der Waals surface area contributed by atoms with E-state index in [-0.39, 0.29) is 11.5 Å². The Bertz CT molecular complexity index is 1190. The maximum Gasteiger partial charge on any atom is 0.277 e. The number of carbonyl (C=O) groups excluding carboxylic acids is 1. The summed E-state index contributed by atoms with van der Waals surface area (Å²) in [4.78, 5) is 17.0. The molecule has 0 radical (unpaired) electrons. The highest BCUT2D eigenvalue weighted by Crippen LogP contribution is 2.28. The van der Waals surface area contributed by atoms with E-state index >= 15 is 0 Å². The van der Waals surface area contributed by atoms with Crippen LogP contribution in [0.15, 0.2) is 70.3 Å². The molecule has 0 saturated heterocycles. The number of rotatable bonds is 6. The third kappa shape index (κ3) is 4.61. The van der Waals surface area contributed by atoms with E-state index in [9.17, 15) is 4.79 Å². The van der Waals surface area contributed by atoms with Crippen LogP contribution in [-0.2, 0) is 0 Å². The summed E-state index contributed by atoms with van der Waals surface area (Å²) < 4.78 is 5.75. The fourth-order valence-electron chi connectivity index (χ4n) is 2.90. The molecule has 4 rings (SSSR count). The first-order valence-corrected chi connectivity index (χ1v) is 10.7. The second kappa shape index (κ2) is 8.81. The molecule has 7 heteroatoms. The average Bonchev–Trinajstić information content (AvgIpc) is 3.22. The van der Waals surface area contributed by atoms with Crippen molar-refractivity contribution in [1.29, 1.82) is 0 Å². The van der Waals surface area contributed by atoms with Crippen LogP contribution in [0.25, 0.3) is 22.7 Å². The Balaban J connectivity index is 1.46. The predicted octanol–water partition coefficient (Wildman–Crippen LogP) is 6.04. The minimum Gasteiger partial charge on any atom is -0.411 e. The summed E-state index contributed by atoms with van der Waals surface area (Å²) in [6.07, 6.45) is 0. The Labute approximate surface area is 183 Å². The van der Waals surface area contributed by atoms with Crippen LogP contribution in [0.4, 0.5) is 0 Å². The van der Waals surface area contributed by atoms with Gasteiger partial charge in [-0.3, -0.25) is 9.78 Å². The van der Waals surface area contributed by atoms with E-state index in [1.165, 1.54) is 11.8 Å². The zero-order chi connectivity index (χ0) is 21.1. The molecule has 0 bridgehead atoms. The molecular formula is C23H18ClN3O2S. The lowest BCUT2D eigenvalue weighted by atomic mass is 10.1. The monoisotopic (exact) mass is 435 g/mol. The number of hydrogen-bond acceptors (Lipinski definition) is 6. The van der Waals surface area contributed by atoms with Crippen molar-refractivity contribution >= 4 is 29.1 Å². The zero-order valence-corrected chi connectivity index (χ0v) is 18.0. The number of aromatic nitrogens is 3. The van der Waals surface area contributed by atoms with Gasteiger partial charge in [-0.1, -0.05) is 65.3 Å². The molecule has 0 amide bonds. The third-order valence-corrected chi connectivity index (χ3v) is 5.63. The molecule has 0 N–H and O–H groups in total. The first kappa shape index (κ1) is 20.3. The Morgan fingerprint density at radius 2 is 1.70 bits per heavy atom. The number of nitrogens with zero attached hydrogens (tertiary/aromatic N) is 3. The van der Waals surface area contributed by atoms with Gasteiger partial charge in [-0.25, -0.2) is 0 Å². The van der Waals surface area contributed by atoms with E-state index in [4.69, 9.17) is 16.0 Å². The predicted molar refractivity (Wildman–Crippen MR) is 119 cm³/mol. The zero-order valence-electron chi connectivity index (χ0n) is 16.4. The van der Waals surface area contributed by atoms with E-state index < -0.39 is 0 Å². The van der Waals surface area contributed by atoms with Gasteiger partial charge >= 0.3 is 0 Å². The minimum absolute atomic E-state index is 0.0184. The summed E-state index contributed by atoms with van der Waals surface area (Å²) in [6.45, 7) is 3.88. The van der Waals surface area contributed by atoms with Crippen LogP contribution in [-0.4, -0.2) is 26.7 Å². The van der Waals surface area contributed by atoms with Gasteiger partial charge in [0.15, 0.2) is 5.78 Å². The Morgan fingerprint density at radius 1 is 0.967 bits per heavy atom. The van der Waals surface area contributed by atoms with Gasteiger partial charge in [0, 0.05) is 16.1 Å². The summed E-state index contributed by atoms with van der Waals surface area (Å²) in [7, 11) is 0. The second-order valence-corrected chi connectivity index (χ2v) is 8.15. The highest BCUT2D eigenvalue weighted by molar-refractivity contribution is 7.99. The molecule has 0 fully saturated rings. The Kier molecular flexibility index (Phi) is 5.97. The van der Waals surface area contributed by atoms with Crippen LogP contribution in [0.2, 0.25) is 5.02 Å². The summed E-state index contributed by atoms with van der Waals surface area (Å²) in [5.41, 5.74) is 5.14. The summed E-state index contributed by atoms with van der Waals surface area (Å²) in [6, 6.07) is 18.8. The second-order valence-electron chi connectivity index (χ2n) is 6.79. The van der Waals surface area contributed by atoms with Crippen LogP contribution < -0.4 is 0 Å². The molecule has 2 heterocycles. The quantitative estimate of drug-likeness (QED) is 0.271. The smallest absolute Gasteiger partial charge is 0.277 e. The molecule has 150 valence electrons. The molecule has 0 spiro atoms. The van der Waals surface area contributed by atoms with Crippen molar-refractivity contribution in [3.63, 3.8) is 0 Å². The van der Waals surface area contributed by atoms with Gasteiger partial charge in [0.05, 0.1) is 22.7 Å². The van der Waals surface area contributed by atoms with E-state index in [1.54, 1.807) is 0 Å². The molecule has 0 aliphatic heterocycles. The van der Waals surface area contributed by atoms with Crippen LogP contribution in [0.5, 0.6) is 0 Å². The van der Waals surface area contributed by atoms with Crippen molar-refractivity contribution in [2.24, 2.45) is 0 Å². The molecule has 0 atom stereocenters. The fraction of sp³-hybridized carbons (Fsp3) is 0.130. The molecule has 0 unspecified atom stereocenters. The van der Waals surface area contributed by atoms with Gasteiger partial charge in [-0.05, 0) is 38.1 Å². The highest BCUT2D eigenvalue weighted by atomic mass is 35.5. The highest BCUT2D eigenvalue weighted by Gasteiger charge is 2.15. The van der Waals surface area contributed by atoms with Crippen molar-refractivity contribution in [3.05, 3.63) is 82.5 Å². The number of carbonyl (C=O) groups is 1. The number of hydrogen-bond donors (Lipinski definition) is 0. The number of pyridine rings is 1. The topological polar surface area (TPSA) is 68.9 Å². The van der Waals surface area contributed by atoms with E-state index in [2.05, 4.69) is 15.2 Å². The molecule has 2 aromatic carbocycles. The summed E-state index contributed by atoms with van der Waals surface area (Å²) in [5, 5.41) is 9.21. The summed E-state index contributed by atoms with van der Waals surface area (Å²) >= 11 is 7.18. The van der Waals surface area contributed by atoms with Crippen molar-refractivity contribution in [2.75, 3.05) is 5.75 Å². The fourth-order valence-corrected chi connectivity index (χ4v) is 3.68. The van der Waals surface area contributed by atoms with Gasteiger partial charge in [-0.15, -0.1) is 10.2 Å². The van der Waals surface area contributed by atoms with Gasteiger partial charge < -0.3 is 4.42 Å². The van der Waals surface area contributed by atoms with Crippen LogP contribution in [0.3, 0.4) is 0 Å². The number of ketones is 1. The van der Waals surface area contributed by atoms with Crippen molar-refractivity contribution in [1.82, 2.24) is 15.2 Å². The van der Waals surface area contributed by atoms with Crippen LogP contribution in [0.1, 0.15) is 21.6 Å². The van der Waals surface area contributed by atoms with Crippen LogP contribution in [0, 0.1) is 13.8 Å². The number of halogens is 1. The number of Topliss-reactive ketones (excluding diaryl/α,β-unsaturated/α-hetero) is 1. The third-order valence-electron chi connectivity index (χ3n) is 4.56. The van der Waals surface area contributed by atoms with E-state index in [0.717, 1.165) is 28.1 Å². The average molecular weight is 436 g/mol. The van der Waals surface area contributed by atoms with E-state index in [0.29, 0.717) is 21.7 Å². The van der Waals surface area contributed by atoms with Gasteiger partial charge in [0.1, 0.15) is 0 Å². The standard InChI is InChI=1S/C23H18ClN3O2S/c1-14-3-5-17(6-4-14)21(28)13-30-23-27-26-22(29-23)19-11-12-20(25-15(19)2)16-7-9-18(24)10-8-16/h3-12H,13H2,1-2H3.